The smallest absolute Gasteiger partial charge is 0.337 e. The highest BCUT2D eigenvalue weighted by Gasteiger charge is 2.17. The number of para-hydroxylation sites is 1. The van der Waals surface area contributed by atoms with Crippen molar-refractivity contribution in [3.63, 3.8) is 0 Å². The van der Waals surface area contributed by atoms with Gasteiger partial charge in [-0.2, -0.15) is 0 Å². The monoisotopic (exact) mass is 355 g/mol. The number of aromatic carboxylic acids is 1. The molecule has 0 aromatic heterocycles. The number of carbonyl (C=O) groups is 2. The quantitative estimate of drug-likeness (QED) is 0.582. The van der Waals surface area contributed by atoms with Crippen LogP contribution >= 0.6 is 0 Å². The third-order valence-corrected chi connectivity index (χ3v) is 4.09. The molecular formula is C22H29NO3. The number of rotatable bonds is 4. The molecule has 1 atom stereocenters. The number of carboxylic acids is 1. The van der Waals surface area contributed by atoms with Crippen LogP contribution in [0, 0.1) is 11.3 Å². The van der Waals surface area contributed by atoms with Gasteiger partial charge in [-0.25, -0.2) is 4.79 Å². The van der Waals surface area contributed by atoms with E-state index in [1.54, 1.807) is 31.3 Å². The fourth-order valence-electron chi connectivity index (χ4n) is 2.58. The van der Waals surface area contributed by atoms with Gasteiger partial charge in [0.25, 0.3) is 0 Å². The van der Waals surface area contributed by atoms with Gasteiger partial charge in [0, 0.05) is 12.7 Å². The second kappa shape index (κ2) is 9.76. The molecule has 0 aliphatic heterocycles. The first kappa shape index (κ1) is 21.4. The standard InChI is InChI=1S/C14H20O.C8H9NO2/c1-11(10-15)9-12-5-7-13(8-6-12)14(2,3)4;1-9-7-5-3-2-4-6(7)8(10)11/h5,7-10,12H,6H2,1-4H3;2-5,9H,1H3,(H,10,11). The summed E-state index contributed by atoms with van der Waals surface area (Å²) < 4.78 is 0. The lowest BCUT2D eigenvalue weighted by Gasteiger charge is -2.24. The van der Waals surface area contributed by atoms with Crippen LogP contribution in [0.1, 0.15) is 44.5 Å². The molecule has 0 heterocycles. The Morgan fingerprint density at radius 1 is 1.27 bits per heavy atom. The Kier molecular flexibility index (Phi) is 8.04. The molecule has 0 spiro atoms. The van der Waals surface area contributed by atoms with E-state index < -0.39 is 5.97 Å². The largest absolute Gasteiger partial charge is 0.478 e. The van der Waals surface area contributed by atoms with Crippen LogP contribution in [0.15, 0.2) is 59.7 Å². The van der Waals surface area contributed by atoms with Crippen LogP contribution in [0.25, 0.3) is 0 Å². The van der Waals surface area contributed by atoms with Crippen molar-refractivity contribution in [1.29, 1.82) is 0 Å². The first-order chi connectivity index (χ1) is 12.2. The molecule has 140 valence electrons. The van der Waals surface area contributed by atoms with Crippen LogP contribution in [-0.4, -0.2) is 24.4 Å². The number of nitrogens with one attached hydrogen (secondary N) is 1. The minimum atomic E-state index is -0.907. The zero-order valence-electron chi connectivity index (χ0n) is 16.2. The Labute approximate surface area is 156 Å². The number of hydrogen-bond donors (Lipinski definition) is 2. The van der Waals surface area contributed by atoms with E-state index in [0.29, 0.717) is 17.2 Å². The van der Waals surface area contributed by atoms with Gasteiger partial charge in [-0.05, 0) is 48.0 Å². The molecule has 26 heavy (non-hydrogen) atoms. The molecule has 2 rings (SSSR count). The molecule has 4 heteroatoms. The molecule has 1 aliphatic carbocycles. The summed E-state index contributed by atoms with van der Waals surface area (Å²) in [6.07, 6.45) is 10.6. The van der Waals surface area contributed by atoms with Gasteiger partial charge in [-0.15, -0.1) is 0 Å². The zero-order chi connectivity index (χ0) is 19.7. The summed E-state index contributed by atoms with van der Waals surface area (Å²) in [6.45, 7) is 8.51. The van der Waals surface area contributed by atoms with Crippen molar-refractivity contribution in [2.24, 2.45) is 11.3 Å². The van der Waals surface area contributed by atoms with Crippen molar-refractivity contribution in [2.75, 3.05) is 12.4 Å². The third-order valence-electron chi connectivity index (χ3n) is 4.09. The predicted molar refractivity (Wildman–Crippen MR) is 108 cm³/mol. The molecule has 1 aromatic rings. The van der Waals surface area contributed by atoms with E-state index in [-0.39, 0.29) is 5.41 Å². The van der Waals surface area contributed by atoms with Crippen molar-refractivity contribution < 1.29 is 14.7 Å². The first-order valence-electron chi connectivity index (χ1n) is 8.71. The zero-order valence-corrected chi connectivity index (χ0v) is 16.2. The number of allylic oxidation sites excluding steroid dienone is 6. The van der Waals surface area contributed by atoms with E-state index in [4.69, 9.17) is 5.11 Å². The summed E-state index contributed by atoms with van der Waals surface area (Å²) in [7, 11) is 1.70. The highest BCUT2D eigenvalue weighted by Crippen LogP contribution is 2.31. The minimum Gasteiger partial charge on any atom is -0.478 e. The second-order valence-electron chi connectivity index (χ2n) is 7.30. The minimum absolute atomic E-state index is 0.227. The van der Waals surface area contributed by atoms with E-state index >= 15 is 0 Å². The van der Waals surface area contributed by atoms with Gasteiger partial charge >= 0.3 is 5.97 Å². The lowest BCUT2D eigenvalue weighted by molar-refractivity contribution is -0.104. The summed E-state index contributed by atoms with van der Waals surface area (Å²) in [5.74, 6) is -0.517. The molecule has 2 N–H and O–H groups in total. The third kappa shape index (κ3) is 6.71. The Balaban J connectivity index is 0.000000273. The maximum atomic E-state index is 10.5. The summed E-state index contributed by atoms with van der Waals surface area (Å²) in [4.78, 5) is 21.0. The van der Waals surface area contributed by atoms with Gasteiger partial charge in [0.05, 0.1) is 5.56 Å². The van der Waals surface area contributed by atoms with E-state index in [0.717, 1.165) is 18.3 Å². The van der Waals surface area contributed by atoms with Crippen molar-refractivity contribution >= 4 is 17.9 Å². The van der Waals surface area contributed by atoms with E-state index in [2.05, 4.69) is 44.3 Å². The fraction of sp³-hybridized carbons (Fsp3) is 0.364. The molecule has 0 saturated heterocycles. The molecule has 0 radical (unpaired) electrons. The van der Waals surface area contributed by atoms with Crippen LogP contribution in [-0.2, 0) is 4.79 Å². The molecular weight excluding hydrogens is 326 g/mol. The van der Waals surface area contributed by atoms with Crippen molar-refractivity contribution in [1.82, 2.24) is 0 Å². The van der Waals surface area contributed by atoms with Crippen LogP contribution in [0.5, 0.6) is 0 Å². The van der Waals surface area contributed by atoms with Crippen LogP contribution in [0.2, 0.25) is 0 Å². The molecule has 4 nitrogen and oxygen atoms in total. The average Bonchev–Trinajstić information content (AvgIpc) is 2.61. The number of carboxylic acid groups (broad SMARTS) is 1. The molecule has 0 bridgehead atoms. The highest BCUT2D eigenvalue weighted by atomic mass is 16.4. The number of anilines is 1. The van der Waals surface area contributed by atoms with Crippen LogP contribution in [0.3, 0.4) is 0 Å². The normalized spacial score (nSPS) is 16.9. The lowest BCUT2D eigenvalue weighted by Crippen LogP contribution is -2.11. The summed E-state index contributed by atoms with van der Waals surface area (Å²) in [6, 6.07) is 6.78. The second-order valence-corrected chi connectivity index (χ2v) is 7.30. The summed E-state index contributed by atoms with van der Waals surface area (Å²) >= 11 is 0. The lowest BCUT2D eigenvalue weighted by atomic mass is 9.81. The van der Waals surface area contributed by atoms with Gasteiger partial charge < -0.3 is 10.4 Å². The Bertz CT molecular complexity index is 721. The molecule has 1 unspecified atom stereocenters. The van der Waals surface area contributed by atoms with Gasteiger partial charge in [0.15, 0.2) is 0 Å². The van der Waals surface area contributed by atoms with Crippen molar-refractivity contribution in [2.45, 2.75) is 34.1 Å². The van der Waals surface area contributed by atoms with Gasteiger partial charge in [0.2, 0.25) is 0 Å². The maximum Gasteiger partial charge on any atom is 0.337 e. The van der Waals surface area contributed by atoms with Crippen molar-refractivity contribution in [3.8, 4) is 0 Å². The summed E-state index contributed by atoms with van der Waals surface area (Å²) in [5.41, 5.74) is 3.37. The number of carbonyl (C=O) groups excluding carboxylic acids is 1. The fourth-order valence-corrected chi connectivity index (χ4v) is 2.58. The molecule has 1 aliphatic rings. The summed E-state index contributed by atoms with van der Waals surface area (Å²) in [5, 5.41) is 11.5. The predicted octanol–water partition coefficient (Wildman–Crippen LogP) is 5.11. The molecule has 0 saturated carbocycles. The van der Waals surface area contributed by atoms with Gasteiger partial charge in [-0.3, -0.25) is 4.79 Å². The first-order valence-corrected chi connectivity index (χ1v) is 8.71. The van der Waals surface area contributed by atoms with Crippen LogP contribution < -0.4 is 5.32 Å². The molecule has 0 amide bonds. The van der Waals surface area contributed by atoms with Gasteiger partial charge in [0.1, 0.15) is 6.29 Å². The highest BCUT2D eigenvalue weighted by molar-refractivity contribution is 5.94. The molecule has 0 fully saturated rings. The number of hydrogen-bond acceptors (Lipinski definition) is 3. The van der Waals surface area contributed by atoms with Gasteiger partial charge in [-0.1, -0.05) is 57.2 Å². The SMILES string of the molecule is CC(C=O)=CC1C=CC(C(C)(C)C)=CC1.CNc1ccccc1C(=O)O. The maximum absolute atomic E-state index is 10.5. The topological polar surface area (TPSA) is 66.4 Å². The Morgan fingerprint density at radius 3 is 2.35 bits per heavy atom. The van der Waals surface area contributed by atoms with Crippen LogP contribution in [0.4, 0.5) is 5.69 Å². The van der Waals surface area contributed by atoms with E-state index in [9.17, 15) is 9.59 Å². The molecule has 1 aromatic carbocycles. The van der Waals surface area contributed by atoms with Crippen molar-refractivity contribution in [3.05, 3.63) is 65.3 Å². The number of benzene rings is 1. The van der Waals surface area contributed by atoms with E-state index in [1.165, 1.54) is 5.57 Å². The van der Waals surface area contributed by atoms with E-state index in [1.807, 2.05) is 13.0 Å². The Morgan fingerprint density at radius 2 is 1.92 bits per heavy atom. The average molecular weight is 355 g/mol. The number of aldehydes is 1. The Hall–Kier alpha value is -2.62.